The summed E-state index contributed by atoms with van der Waals surface area (Å²) in [6.45, 7) is 6.14. The molecule has 1 N–H and O–H groups in total. The van der Waals surface area contributed by atoms with E-state index in [4.69, 9.17) is 21.6 Å². The van der Waals surface area contributed by atoms with Gasteiger partial charge in [0.25, 0.3) is 11.8 Å². The van der Waals surface area contributed by atoms with Gasteiger partial charge in [0.15, 0.2) is 0 Å². The summed E-state index contributed by atoms with van der Waals surface area (Å²) in [6.07, 6.45) is 2.65. The number of likely N-dealkylation sites (tertiary alicyclic amines) is 1. The molecule has 0 unspecified atom stereocenters. The van der Waals surface area contributed by atoms with Crippen LogP contribution in [0.1, 0.15) is 76.8 Å². The molecule has 4 rings (SSSR count). The molecule has 1 aromatic heterocycles. The summed E-state index contributed by atoms with van der Waals surface area (Å²) in [5.41, 5.74) is 2.98. The average Bonchev–Trinajstić information content (AvgIpc) is 3.40. The van der Waals surface area contributed by atoms with E-state index >= 15 is 0 Å². The lowest BCUT2D eigenvalue weighted by atomic mass is 10.0. The molecule has 32 heavy (non-hydrogen) atoms. The van der Waals surface area contributed by atoms with Gasteiger partial charge in [-0.05, 0) is 49.9 Å². The Morgan fingerprint density at radius 1 is 1.34 bits per heavy atom. The number of hydrogen-bond donors (Lipinski definition) is 1. The van der Waals surface area contributed by atoms with Crippen molar-refractivity contribution in [2.75, 3.05) is 13.2 Å². The van der Waals surface area contributed by atoms with Gasteiger partial charge in [0.05, 0.1) is 41.1 Å². The molecule has 2 atom stereocenters. The van der Waals surface area contributed by atoms with Gasteiger partial charge in [-0.1, -0.05) is 24.6 Å². The van der Waals surface area contributed by atoms with E-state index in [-0.39, 0.29) is 23.9 Å². The summed E-state index contributed by atoms with van der Waals surface area (Å²) in [5, 5.41) is 12.5. The summed E-state index contributed by atoms with van der Waals surface area (Å²) in [7, 11) is 0. The first-order valence-corrected chi connectivity index (χ1v) is 11.4. The monoisotopic (exact) mass is 454 g/mol. The number of nitrogens with zero attached hydrogens (tertiary/aromatic N) is 3. The SMILES string of the molecule is CC[C@@H](NC(=O)c1cc(C(=O)N2CCC[C@@H]2C)n2c1COCC2)c1ccc(C#N)c(Cl)c1. The maximum Gasteiger partial charge on any atom is 0.270 e. The summed E-state index contributed by atoms with van der Waals surface area (Å²) >= 11 is 6.19. The molecule has 1 aromatic carbocycles. The van der Waals surface area contributed by atoms with Gasteiger partial charge in [0, 0.05) is 19.1 Å². The predicted octanol–water partition coefficient (Wildman–Crippen LogP) is 4.05. The molecule has 2 amide bonds. The van der Waals surface area contributed by atoms with Gasteiger partial charge in [-0.3, -0.25) is 9.59 Å². The maximum atomic E-state index is 13.3. The summed E-state index contributed by atoms with van der Waals surface area (Å²) < 4.78 is 7.55. The summed E-state index contributed by atoms with van der Waals surface area (Å²) in [5.74, 6) is -0.275. The zero-order chi connectivity index (χ0) is 22.8. The summed E-state index contributed by atoms with van der Waals surface area (Å²) in [4.78, 5) is 28.4. The van der Waals surface area contributed by atoms with Crippen LogP contribution in [-0.4, -0.2) is 40.5 Å². The molecular formula is C24H27ClN4O3. The van der Waals surface area contributed by atoms with Crippen LogP contribution in [0.2, 0.25) is 5.02 Å². The fourth-order valence-electron chi connectivity index (χ4n) is 4.58. The van der Waals surface area contributed by atoms with E-state index in [0.717, 1.165) is 30.6 Å². The van der Waals surface area contributed by atoms with Crippen LogP contribution in [0, 0.1) is 11.3 Å². The molecule has 8 heteroatoms. The summed E-state index contributed by atoms with van der Waals surface area (Å²) in [6, 6.07) is 8.88. The van der Waals surface area contributed by atoms with Gasteiger partial charge in [0.2, 0.25) is 0 Å². The number of amides is 2. The van der Waals surface area contributed by atoms with Crippen LogP contribution in [0.5, 0.6) is 0 Å². The van der Waals surface area contributed by atoms with Gasteiger partial charge in [-0.2, -0.15) is 5.26 Å². The van der Waals surface area contributed by atoms with Crippen LogP contribution >= 0.6 is 11.6 Å². The number of aromatic nitrogens is 1. The Labute approximate surface area is 192 Å². The third kappa shape index (κ3) is 4.13. The number of halogens is 1. The molecular weight excluding hydrogens is 428 g/mol. The van der Waals surface area contributed by atoms with Crippen molar-refractivity contribution < 1.29 is 14.3 Å². The lowest BCUT2D eigenvalue weighted by Gasteiger charge is -2.24. The minimum atomic E-state index is -0.273. The van der Waals surface area contributed by atoms with Gasteiger partial charge < -0.3 is 19.5 Å². The number of benzene rings is 1. The normalized spacial score (nSPS) is 18.7. The number of nitrogens with one attached hydrogen (secondary N) is 1. The van der Waals surface area contributed by atoms with E-state index in [1.165, 1.54) is 0 Å². The van der Waals surface area contributed by atoms with Crippen LogP contribution in [0.4, 0.5) is 0 Å². The molecule has 1 saturated heterocycles. The molecule has 2 aromatic rings. The Balaban J connectivity index is 1.62. The molecule has 7 nitrogen and oxygen atoms in total. The second-order valence-electron chi connectivity index (χ2n) is 8.37. The van der Waals surface area contributed by atoms with Crippen molar-refractivity contribution in [1.29, 1.82) is 5.26 Å². The van der Waals surface area contributed by atoms with Crippen LogP contribution in [0.25, 0.3) is 0 Å². The molecule has 2 aliphatic heterocycles. The third-order valence-corrected chi connectivity index (χ3v) is 6.73. The van der Waals surface area contributed by atoms with Gasteiger partial charge in [-0.15, -0.1) is 0 Å². The highest BCUT2D eigenvalue weighted by Gasteiger charge is 2.32. The Morgan fingerprint density at radius 3 is 2.81 bits per heavy atom. The number of carbonyl (C=O) groups excluding carboxylic acids is 2. The Hall–Kier alpha value is -2.82. The Kier molecular flexibility index (Phi) is 6.54. The molecule has 0 radical (unpaired) electrons. The van der Waals surface area contributed by atoms with Crippen molar-refractivity contribution in [3.63, 3.8) is 0 Å². The molecule has 0 aliphatic carbocycles. The van der Waals surface area contributed by atoms with E-state index in [1.807, 2.05) is 22.5 Å². The number of fused-ring (bicyclic) bond motifs is 1. The second-order valence-corrected chi connectivity index (χ2v) is 8.78. The number of carbonyl (C=O) groups is 2. The molecule has 0 bridgehead atoms. The van der Waals surface area contributed by atoms with Crippen molar-refractivity contribution >= 4 is 23.4 Å². The van der Waals surface area contributed by atoms with Crippen molar-refractivity contribution in [2.45, 2.75) is 58.3 Å². The van der Waals surface area contributed by atoms with Crippen LogP contribution in [0.3, 0.4) is 0 Å². The van der Waals surface area contributed by atoms with E-state index in [1.54, 1.807) is 24.3 Å². The van der Waals surface area contributed by atoms with Gasteiger partial charge in [-0.25, -0.2) is 0 Å². The standard InChI is InChI=1S/C24H27ClN4O3/c1-3-20(16-6-7-17(13-26)19(25)11-16)27-23(30)18-12-21(29-9-10-32-14-22(18)29)24(31)28-8-4-5-15(28)2/h6-7,11-12,15,20H,3-5,8-10,14H2,1-2H3,(H,27,30)/t15-,20+/m0/s1. The maximum absolute atomic E-state index is 13.3. The van der Waals surface area contributed by atoms with Crippen molar-refractivity contribution in [2.24, 2.45) is 0 Å². The third-order valence-electron chi connectivity index (χ3n) is 6.41. The van der Waals surface area contributed by atoms with Crippen LogP contribution < -0.4 is 5.32 Å². The first-order valence-electron chi connectivity index (χ1n) is 11.1. The van der Waals surface area contributed by atoms with Crippen LogP contribution in [-0.2, 0) is 17.9 Å². The Bertz CT molecular complexity index is 1090. The largest absolute Gasteiger partial charge is 0.373 e. The highest BCUT2D eigenvalue weighted by Crippen LogP contribution is 2.27. The molecule has 168 valence electrons. The van der Waals surface area contributed by atoms with Crippen molar-refractivity contribution in [3.05, 3.63) is 57.4 Å². The smallest absolute Gasteiger partial charge is 0.270 e. The number of hydrogen-bond acceptors (Lipinski definition) is 4. The number of rotatable bonds is 5. The van der Waals surface area contributed by atoms with Crippen molar-refractivity contribution in [1.82, 2.24) is 14.8 Å². The van der Waals surface area contributed by atoms with Crippen LogP contribution in [0.15, 0.2) is 24.3 Å². The molecule has 2 aliphatic rings. The lowest BCUT2D eigenvalue weighted by Crippen LogP contribution is -2.35. The fourth-order valence-corrected chi connectivity index (χ4v) is 4.81. The minimum absolute atomic E-state index is 0.0249. The lowest BCUT2D eigenvalue weighted by molar-refractivity contribution is 0.0683. The van der Waals surface area contributed by atoms with E-state index in [2.05, 4.69) is 12.2 Å². The molecule has 0 saturated carbocycles. The van der Waals surface area contributed by atoms with Crippen molar-refractivity contribution in [3.8, 4) is 6.07 Å². The van der Waals surface area contributed by atoms with Gasteiger partial charge in [0.1, 0.15) is 11.8 Å². The quantitative estimate of drug-likeness (QED) is 0.738. The van der Waals surface area contributed by atoms with Gasteiger partial charge >= 0.3 is 0 Å². The zero-order valence-corrected chi connectivity index (χ0v) is 19.1. The molecule has 0 spiro atoms. The zero-order valence-electron chi connectivity index (χ0n) is 18.4. The number of ether oxygens (including phenoxy) is 1. The highest BCUT2D eigenvalue weighted by atomic mass is 35.5. The van der Waals surface area contributed by atoms with E-state index in [0.29, 0.717) is 48.0 Å². The first kappa shape index (κ1) is 22.4. The molecule has 3 heterocycles. The number of nitriles is 1. The second kappa shape index (κ2) is 9.35. The van der Waals surface area contributed by atoms with E-state index < -0.39 is 0 Å². The first-order chi connectivity index (χ1) is 15.4. The minimum Gasteiger partial charge on any atom is -0.373 e. The predicted molar refractivity (Wildman–Crippen MR) is 120 cm³/mol. The topological polar surface area (TPSA) is 87.4 Å². The average molecular weight is 455 g/mol. The molecule has 1 fully saturated rings. The Morgan fingerprint density at radius 2 is 2.16 bits per heavy atom. The highest BCUT2D eigenvalue weighted by molar-refractivity contribution is 6.31. The van der Waals surface area contributed by atoms with E-state index in [9.17, 15) is 9.59 Å². The fraction of sp³-hybridized carbons (Fsp3) is 0.458.